The van der Waals surface area contributed by atoms with Gasteiger partial charge in [0.2, 0.25) is 0 Å². The number of piperazine rings is 1. The highest BCUT2D eigenvalue weighted by Gasteiger charge is 2.21. The van der Waals surface area contributed by atoms with Crippen LogP contribution in [0.2, 0.25) is 0 Å². The van der Waals surface area contributed by atoms with Crippen LogP contribution in [0, 0.1) is 0 Å². The molecule has 2 heterocycles. The Morgan fingerprint density at radius 1 is 1.00 bits per heavy atom. The fourth-order valence-corrected chi connectivity index (χ4v) is 3.17. The number of likely N-dealkylation sites (N-methyl/N-ethyl adjacent to an activating group) is 1. The van der Waals surface area contributed by atoms with Crippen LogP contribution in [0.25, 0.3) is 0 Å². The Labute approximate surface area is 118 Å². The minimum atomic E-state index is 0.912. The zero-order valence-corrected chi connectivity index (χ0v) is 11.9. The molecule has 1 fully saturated rings. The molecule has 0 atom stereocenters. The van der Waals surface area contributed by atoms with E-state index in [1.165, 1.54) is 5.56 Å². The second kappa shape index (κ2) is 5.75. The Balaban J connectivity index is 1.70. The summed E-state index contributed by atoms with van der Waals surface area (Å²) in [5, 5.41) is 9.89. The summed E-state index contributed by atoms with van der Waals surface area (Å²) in [5.41, 5.74) is 2.25. The van der Waals surface area contributed by atoms with Gasteiger partial charge in [0.25, 0.3) is 0 Å². The quantitative estimate of drug-likeness (QED) is 0.781. The maximum Gasteiger partial charge on any atom is 0.186 e. The van der Waals surface area contributed by atoms with Gasteiger partial charge in [0.05, 0.1) is 5.71 Å². The standard InChI is InChI=1S/C14H18N4S/c1-17-7-9-18(10-8-17)14-16-15-13(11-19-14)12-5-3-2-4-6-12/h2-6H,7-11H2,1H3. The van der Waals surface area contributed by atoms with Gasteiger partial charge in [-0.05, 0) is 12.6 Å². The minimum absolute atomic E-state index is 0.912. The van der Waals surface area contributed by atoms with Crippen molar-refractivity contribution < 1.29 is 0 Å². The average molecular weight is 274 g/mol. The van der Waals surface area contributed by atoms with Crippen molar-refractivity contribution in [1.29, 1.82) is 0 Å². The molecule has 0 N–H and O–H groups in total. The third-order valence-corrected chi connectivity index (χ3v) is 4.49. The lowest BCUT2D eigenvalue weighted by molar-refractivity contribution is 0.218. The number of thioether (sulfide) groups is 1. The smallest absolute Gasteiger partial charge is 0.186 e. The van der Waals surface area contributed by atoms with Crippen LogP contribution < -0.4 is 0 Å². The average Bonchev–Trinajstić information content (AvgIpc) is 2.49. The molecule has 0 aliphatic carbocycles. The van der Waals surface area contributed by atoms with E-state index < -0.39 is 0 Å². The van der Waals surface area contributed by atoms with E-state index >= 15 is 0 Å². The SMILES string of the molecule is CN1CCN(C2=NN=C(c3ccccc3)CS2)CC1. The molecule has 1 aromatic carbocycles. The zero-order chi connectivity index (χ0) is 13.1. The Morgan fingerprint density at radius 2 is 1.74 bits per heavy atom. The maximum atomic E-state index is 4.41. The fraction of sp³-hybridized carbons (Fsp3) is 0.429. The number of rotatable bonds is 1. The molecular formula is C14H18N4S. The molecule has 0 amide bonds. The van der Waals surface area contributed by atoms with Crippen molar-refractivity contribution in [3.8, 4) is 0 Å². The predicted octanol–water partition coefficient (Wildman–Crippen LogP) is 1.74. The Kier molecular flexibility index (Phi) is 3.84. The van der Waals surface area contributed by atoms with Gasteiger partial charge in [-0.15, -0.1) is 5.10 Å². The molecule has 2 aliphatic rings. The van der Waals surface area contributed by atoms with Crippen molar-refractivity contribution in [3.05, 3.63) is 35.9 Å². The van der Waals surface area contributed by atoms with E-state index in [1.54, 1.807) is 11.8 Å². The first-order chi connectivity index (χ1) is 9.33. The highest BCUT2D eigenvalue weighted by Crippen LogP contribution is 2.19. The molecule has 0 radical (unpaired) electrons. The molecule has 3 rings (SSSR count). The van der Waals surface area contributed by atoms with Crippen LogP contribution in [-0.4, -0.2) is 59.7 Å². The van der Waals surface area contributed by atoms with Crippen molar-refractivity contribution in [2.24, 2.45) is 10.2 Å². The molecule has 2 aliphatic heterocycles. The highest BCUT2D eigenvalue weighted by molar-refractivity contribution is 8.14. The lowest BCUT2D eigenvalue weighted by Gasteiger charge is -2.34. The van der Waals surface area contributed by atoms with Crippen molar-refractivity contribution >= 4 is 22.6 Å². The van der Waals surface area contributed by atoms with Crippen LogP contribution in [0.5, 0.6) is 0 Å². The first-order valence-corrected chi connectivity index (χ1v) is 7.58. The van der Waals surface area contributed by atoms with Gasteiger partial charge in [-0.3, -0.25) is 0 Å². The fourth-order valence-electron chi connectivity index (χ4n) is 2.22. The van der Waals surface area contributed by atoms with E-state index in [2.05, 4.69) is 39.2 Å². The minimum Gasteiger partial charge on any atom is -0.347 e. The molecule has 5 heteroatoms. The summed E-state index contributed by atoms with van der Waals surface area (Å²) in [5.74, 6) is 0.912. The molecule has 0 unspecified atom stereocenters. The molecule has 4 nitrogen and oxygen atoms in total. The molecule has 0 spiro atoms. The number of nitrogens with zero attached hydrogens (tertiary/aromatic N) is 4. The van der Waals surface area contributed by atoms with E-state index in [9.17, 15) is 0 Å². The summed E-state index contributed by atoms with van der Waals surface area (Å²) < 4.78 is 0. The second-order valence-electron chi connectivity index (χ2n) is 4.87. The third kappa shape index (κ3) is 2.98. The molecule has 0 aromatic heterocycles. The highest BCUT2D eigenvalue weighted by atomic mass is 32.2. The topological polar surface area (TPSA) is 31.2 Å². The number of benzene rings is 1. The monoisotopic (exact) mass is 274 g/mol. The number of hydrogen-bond donors (Lipinski definition) is 0. The van der Waals surface area contributed by atoms with Crippen LogP contribution in [0.15, 0.2) is 40.5 Å². The Morgan fingerprint density at radius 3 is 2.37 bits per heavy atom. The van der Waals surface area contributed by atoms with Crippen molar-refractivity contribution in [1.82, 2.24) is 9.80 Å². The molecular weight excluding hydrogens is 256 g/mol. The van der Waals surface area contributed by atoms with Gasteiger partial charge in [-0.1, -0.05) is 42.1 Å². The van der Waals surface area contributed by atoms with Gasteiger partial charge in [-0.25, -0.2) is 0 Å². The molecule has 0 bridgehead atoms. The molecule has 100 valence electrons. The van der Waals surface area contributed by atoms with Crippen LogP contribution >= 0.6 is 11.8 Å². The van der Waals surface area contributed by atoms with Gasteiger partial charge in [-0.2, -0.15) is 5.10 Å². The normalized spacial score (nSPS) is 21.0. The van der Waals surface area contributed by atoms with Gasteiger partial charge >= 0.3 is 0 Å². The Hall–Kier alpha value is -1.33. The summed E-state index contributed by atoms with van der Waals surface area (Å²) in [6, 6.07) is 10.3. The molecule has 0 saturated carbocycles. The van der Waals surface area contributed by atoms with Crippen LogP contribution in [0.4, 0.5) is 0 Å². The first-order valence-electron chi connectivity index (χ1n) is 6.59. The molecule has 1 saturated heterocycles. The van der Waals surface area contributed by atoms with Crippen molar-refractivity contribution in [2.45, 2.75) is 0 Å². The van der Waals surface area contributed by atoms with Gasteiger partial charge < -0.3 is 9.80 Å². The number of amidine groups is 1. The summed E-state index contributed by atoms with van der Waals surface area (Å²) >= 11 is 1.80. The zero-order valence-electron chi connectivity index (χ0n) is 11.1. The summed E-state index contributed by atoms with van der Waals surface area (Å²) in [6.45, 7) is 4.32. The maximum absolute atomic E-state index is 4.41. The predicted molar refractivity (Wildman–Crippen MR) is 81.9 cm³/mol. The van der Waals surface area contributed by atoms with E-state index in [1.807, 2.05) is 18.2 Å². The number of hydrogen-bond acceptors (Lipinski definition) is 5. The van der Waals surface area contributed by atoms with E-state index in [-0.39, 0.29) is 0 Å². The lowest BCUT2D eigenvalue weighted by Crippen LogP contribution is -2.46. The summed E-state index contributed by atoms with van der Waals surface area (Å²) in [6.07, 6.45) is 0. The van der Waals surface area contributed by atoms with Gasteiger partial charge in [0, 0.05) is 31.9 Å². The molecule has 1 aromatic rings. The van der Waals surface area contributed by atoms with E-state index in [0.717, 1.165) is 42.8 Å². The Bertz CT molecular complexity index is 489. The summed E-state index contributed by atoms with van der Waals surface area (Å²) in [7, 11) is 2.17. The largest absolute Gasteiger partial charge is 0.347 e. The van der Waals surface area contributed by atoms with E-state index in [0.29, 0.717) is 0 Å². The summed E-state index contributed by atoms with van der Waals surface area (Å²) in [4.78, 5) is 4.69. The third-order valence-electron chi connectivity index (χ3n) is 3.48. The van der Waals surface area contributed by atoms with Gasteiger partial charge in [0.1, 0.15) is 0 Å². The molecule has 19 heavy (non-hydrogen) atoms. The van der Waals surface area contributed by atoms with Gasteiger partial charge in [0.15, 0.2) is 5.17 Å². The lowest BCUT2D eigenvalue weighted by atomic mass is 10.1. The van der Waals surface area contributed by atoms with Crippen LogP contribution in [0.3, 0.4) is 0 Å². The van der Waals surface area contributed by atoms with Crippen LogP contribution in [0.1, 0.15) is 5.56 Å². The second-order valence-corrected chi connectivity index (χ2v) is 5.82. The van der Waals surface area contributed by atoms with E-state index in [4.69, 9.17) is 0 Å². The van der Waals surface area contributed by atoms with Crippen molar-refractivity contribution in [3.63, 3.8) is 0 Å². The first kappa shape index (κ1) is 12.7. The van der Waals surface area contributed by atoms with Crippen molar-refractivity contribution in [2.75, 3.05) is 39.0 Å². The van der Waals surface area contributed by atoms with Crippen LogP contribution in [-0.2, 0) is 0 Å².